The minimum atomic E-state index is -0.259. The Bertz CT molecular complexity index is 586. The van der Waals surface area contributed by atoms with Crippen molar-refractivity contribution in [2.45, 2.75) is 32.7 Å². The fourth-order valence-electron chi connectivity index (χ4n) is 2.66. The van der Waals surface area contributed by atoms with E-state index in [1.807, 2.05) is 19.1 Å². The van der Waals surface area contributed by atoms with E-state index >= 15 is 0 Å². The molecule has 1 aliphatic heterocycles. The van der Waals surface area contributed by atoms with E-state index in [9.17, 15) is 9.59 Å². The monoisotopic (exact) mass is 353 g/mol. The molecule has 1 saturated heterocycles. The molecule has 1 aromatic carbocycles. The molecule has 1 aromatic rings. The third-order valence-corrected chi connectivity index (χ3v) is 4.52. The number of likely N-dealkylation sites (tertiary alicyclic amines) is 1. The Morgan fingerprint density at radius 1 is 1.33 bits per heavy atom. The third kappa shape index (κ3) is 5.11. The molecule has 7 heteroatoms. The lowest BCUT2D eigenvalue weighted by Gasteiger charge is -2.31. The molecular weight excluding hydrogens is 330 g/mol. The summed E-state index contributed by atoms with van der Waals surface area (Å²) in [6.07, 6.45) is 1.36. The zero-order valence-corrected chi connectivity index (χ0v) is 14.9. The van der Waals surface area contributed by atoms with Crippen molar-refractivity contribution in [3.05, 3.63) is 28.8 Å². The van der Waals surface area contributed by atoms with Crippen molar-refractivity contribution in [1.82, 2.24) is 10.2 Å². The summed E-state index contributed by atoms with van der Waals surface area (Å²) in [6.45, 7) is 5.58. The maximum absolute atomic E-state index is 12.1. The molecule has 0 atom stereocenters. The Morgan fingerprint density at radius 2 is 2.04 bits per heavy atom. The molecule has 132 valence electrons. The second kappa shape index (κ2) is 8.89. The molecule has 6 nitrogen and oxygen atoms in total. The predicted molar refractivity (Wildman–Crippen MR) is 94.4 cm³/mol. The molecule has 0 saturated carbocycles. The Hall–Kier alpha value is -1.79. The van der Waals surface area contributed by atoms with E-state index in [-0.39, 0.29) is 24.6 Å². The summed E-state index contributed by atoms with van der Waals surface area (Å²) >= 11 is 6.05. The van der Waals surface area contributed by atoms with Gasteiger partial charge in [0.05, 0.1) is 13.2 Å². The van der Waals surface area contributed by atoms with Crippen LogP contribution in [0.4, 0.5) is 10.5 Å². The Labute approximate surface area is 147 Å². The second-order valence-electron chi connectivity index (χ2n) is 5.80. The molecule has 1 heterocycles. The van der Waals surface area contributed by atoms with Crippen LogP contribution in [0.25, 0.3) is 0 Å². The SMILES string of the molecule is CCOC(=O)N1CCC(NCC(=O)Nc2cccc(Cl)c2C)CC1. The summed E-state index contributed by atoms with van der Waals surface area (Å²) in [6, 6.07) is 5.66. The summed E-state index contributed by atoms with van der Waals surface area (Å²) < 4.78 is 4.99. The normalized spacial score (nSPS) is 15.2. The van der Waals surface area contributed by atoms with Crippen LogP contribution in [-0.4, -0.2) is 49.2 Å². The van der Waals surface area contributed by atoms with Gasteiger partial charge in [-0.1, -0.05) is 17.7 Å². The lowest BCUT2D eigenvalue weighted by atomic mass is 10.1. The lowest BCUT2D eigenvalue weighted by molar-refractivity contribution is -0.115. The van der Waals surface area contributed by atoms with Crippen molar-refractivity contribution in [3.63, 3.8) is 0 Å². The quantitative estimate of drug-likeness (QED) is 0.854. The number of benzene rings is 1. The molecule has 0 aromatic heterocycles. The van der Waals surface area contributed by atoms with Gasteiger partial charge in [-0.25, -0.2) is 4.79 Å². The zero-order chi connectivity index (χ0) is 17.5. The van der Waals surface area contributed by atoms with Crippen LogP contribution in [0.1, 0.15) is 25.3 Å². The lowest BCUT2D eigenvalue weighted by Crippen LogP contribution is -2.46. The highest BCUT2D eigenvalue weighted by Crippen LogP contribution is 2.22. The summed E-state index contributed by atoms with van der Waals surface area (Å²) in [7, 11) is 0. The molecule has 0 aliphatic carbocycles. The molecule has 1 fully saturated rings. The molecule has 0 radical (unpaired) electrons. The predicted octanol–water partition coefficient (Wildman–Crippen LogP) is 2.80. The number of ether oxygens (including phenoxy) is 1. The first-order valence-corrected chi connectivity index (χ1v) is 8.59. The molecule has 0 spiro atoms. The standard InChI is InChI=1S/C17H24ClN3O3/c1-3-24-17(23)21-9-7-13(8-10-21)19-11-16(22)20-15-6-4-5-14(18)12(15)2/h4-6,13,19H,3,7-11H2,1-2H3,(H,20,22). The van der Waals surface area contributed by atoms with Crippen LogP contribution in [0.5, 0.6) is 0 Å². The smallest absolute Gasteiger partial charge is 0.409 e. The fraction of sp³-hybridized carbons (Fsp3) is 0.529. The number of piperidine rings is 1. The van der Waals surface area contributed by atoms with Gasteiger partial charge in [0.2, 0.25) is 5.91 Å². The number of hydrogen-bond donors (Lipinski definition) is 2. The van der Waals surface area contributed by atoms with E-state index in [1.165, 1.54) is 0 Å². The van der Waals surface area contributed by atoms with E-state index in [0.717, 1.165) is 24.1 Å². The van der Waals surface area contributed by atoms with E-state index in [1.54, 1.807) is 17.9 Å². The second-order valence-corrected chi connectivity index (χ2v) is 6.21. The Kier molecular flexibility index (Phi) is 6.87. The zero-order valence-electron chi connectivity index (χ0n) is 14.1. The molecule has 0 unspecified atom stereocenters. The highest BCUT2D eigenvalue weighted by Gasteiger charge is 2.23. The summed E-state index contributed by atoms with van der Waals surface area (Å²) in [5.74, 6) is -0.104. The van der Waals surface area contributed by atoms with Crippen LogP contribution in [0.15, 0.2) is 18.2 Å². The number of nitrogens with one attached hydrogen (secondary N) is 2. The topological polar surface area (TPSA) is 70.7 Å². The molecule has 1 aliphatic rings. The van der Waals surface area contributed by atoms with Crippen molar-refractivity contribution in [2.75, 3.05) is 31.6 Å². The molecule has 2 rings (SSSR count). The number of hydrogen-bond acceptors (Lipinski definition) is 4. The van der Waals surface area contributed by atoms with Crippen molar-refractivity contribution in [2.24, 2.45) is 0 Å². The maximum Gasteiger partial charge on any atom is 0.409 e. The number of nitrogens with zero attached hydrogens (tertiary/aromatic N) is 1. The van der Waals surface area contributed by atoms with Crippen molar-refractivity contribution in [1.29, 1.82) is 0 Å². The van der Waals surface area contributed by atoms with Gasteiger partial charge in [-0.15, -0.1) is 0 Å². The molecule has 2 amide bonds. The van der Waals surface area contributed by atoms with Gasteiger partial charge in [0.15, 0.2) is 0 Å². The molecule has 2 N–H and O–H groups in total. The van der Waals surface area contributed by atoms with Crippen LogP contribution >= 0.6 is 11.6 Å². The van der Waals surface area contributed by atoms with Gasteiger partial charge < -0.3 is 20.3 Å². The van der Waals surface area contributed by atoms with Crippen LogP contribution in [0.3, 0.4) is 0 Å². The largest absolute Gasteiger partial charge is 0.450 e. The Balaban J connectivity index is 1.73. The highest BCUT2D eigenvalue weighted by molar-refractivity contribution is 6.31. The summed E-state index contributed by atoms with van der Waals surface area (Å²) in [5.41, 5.74) is 1.58. The van der Waals surface area contributed by atoms with Gasteiger partial charge in [-0.05, 0) is 44.4 Å². The van der Waals surface area contributed by atoms with E-state index in [2.05, 4.69) is 10.6 Å². The van der Waals surface area contributed by atoms with E-state index in [0.29, 0.717) is 24.7 Å². The minimum absolute atomic E-state index is 0.104. The maximum atomic E-state index is 12.1. The van der Waals surface area contributed by atoms with Gasteiger partial charge in [-0.3, -0.25) is 4.79 Å². The highest BCUT2D eigenvalue weighted by atomic mass is 35.5. The number of carbonyl (C=O) groups excluding carboxylic acids is 2. The summed E-state index contributed by atoms with van der Waals surface area (Å²) in [5, 5.41) is 6.74. The van der Waals surface area contributed by atoms with Crippen molar-refractivity contribution in [3.8, 4) is 0 Å². The number of halogens is 1. The van der Waals surface area contributed by atoms with Crippen LogP contribution in [0.2, 0.25) is 5.02 Å². The number of amides is 2. The number of anilines is 1. The van der Waals surface area contributed by atoms with Crippen LogP contribution in [0, 0.1) is 6.92 Å². The molecule has 24 heavy (non-hydrogen) atoms. The minimum Gasteiger partial charge on any atom is -0.450 e. The van der Waals surface area contributed by atoms with Crippen LogP contribution < -0.4 is 10.6 Å². The first-order valence-electron chi connectivity index (χ1n) is 8.21. The Morgan fingerprint density at radius 3 is 2.71 bits per heavy atom. The van der Waals surface area contributed by atoms with Gasteiger partial charge >= 0.3 is 6.09 Å². The summed E-state index contributed by atoms with van der Waals surface area (Å²) in [4.78, 5) is 25.4. The average Bonchev–Trinajstić information content (AvgIpc) is 2.58. The van der Waals surface area contributed by atoms with Gasteiger partial charge in [0.25, 0.3) is 0 Å². The van der Waals surface area contributed by atoms with Gasteiger partial charge in [0, 0.05) is 29.8 Å². The number of carbonyl (C=O) groups is 2. The van der Waals surface area contributed by atoms with E-state index in [4.69, 9.17) is 16.3 Å². The average molecular weight is 354 g/mol. The first kappa shape index (κ1) is 18.5. The van der Waals surface area contributed by atoms with Crippen molar-refractivity contribution < 1.29 is 14.3 Å². The van der Waals surface area contributed by atoms with Gasteiger partial charge in [-0.2, -0.15) is 0 Å². The van der Waals surface area contributed by atoms with E-state index < -0.39 is 0 Å². The van der Waals surface area contributed by atoms with Crippen molar-refractivity contribution >= 4 is 29.3 Å². The molecular formula is C17H24ClN3O3. The molecule has 0 bridgehead atoms. The number of rotatable bonds is 5. The fourth-order valence-corrected chi connectivity index (χ4v) is 2.83. The first-order chi connectivity index (χ1) is 11.5. The third-order valence-electron chi connectivity index (χ3n) is 4.11. The van der Waals surface area contributed by atoms with Gasteiger partial charge in [0.1, 0.15) is 0 Å². The van der Waals surface area contributed by atoms with Crippen LogP contribution in [-0.2, 0) is 9.53 Å².